The van der Waals surface area contributed by atoms with Crippen molar-refractivity contribution in [3.8, 4) is 0 Å². The lowest BCUT2D eigenvalue weighted by Gasteiger charge is -2.23. The molecule has 6 rings (SSSR count). The second-order valence-corrected chi connectivity index (χ2v) is 13.2. The highest BCUT2D eigenvalue weighted by Crippen LogP contribution is 2.44. The minimum Gasteiger partial charge on any atom is -0.454 e. The Labute approximate surface area is 280 Å². The van der Waals surface area contributed by atoms with E-state index >= 15 is 0 Å². The summed E-state index contributed by atoms with van der Waals surface area (Å²) in [6.07, 6.45) is -8.32. The van der Waals surface area contributed by atoms with Crippen molar-refractivity contribution in [2.75, 3.05) is 11.1 Å². The van der Waals surface area contributed by atoms with E-state index in [0.717, 1.165) is 24.6 Å². The Balaban J connectivity index is 1.31. The van der Waals surface area contributed by atoms with Crippen LogP contribution in [0.3, 0.4) is 0 Å². The molecule has 2 aromatic carbocycles. The molecule has 6 atom stereocenters. The van der Waals surface area contributed by atoms with Crippen LogP contribution in [0.4, 0.5) is 27.8 Å². The monoisotopic (exact) mass is 706 g/mol. The van der Waals surface area contributed by atoms with Crippen LogP contribution in [0.1, 0.15) is 72.1 Å². The van der Waals surface area contributed by atoms with E-state index in [4.69, 9.17) is 4.74 Å². The van der Waals surface area contributed by atoms with Gasteiger partial charge < -0.3 is 20.3 Å². The Morgan fingerprint density at radius 3 is 2.55 bits per heavy atom. The normalized spacial score (nSPS) is 23.5. The summed E-state index contributed by atoms with van der Waals surface area (Å²) in [5.41, 5.74) is -0.516. The minimum atomic E-state index is -4.72. The van der Waals surface area contributed by atoms with Gasteiger partial charge in [0.2, 0.25) is 0 Å². The van der Waals surface area contributed by atoms with Gasteiger partial charge in [-0.25, -0.2) is 28.2 Å². The van der Waals surface area contributed by atoms with Gasteiger partial charge in [0.1, 0.15) is 11.9 Å². The number of benzene rings is 2. The topological polar surface area (TPSA) is 152 Å². The van der Waals surface area contributed by atoms with Gasteiger partial charge in [0.25, 0.3) is 0 Å². The lowest BCUT2D eigenvalue weighted by molar-refractivity contribution is -0.137. The van der Waals surface area contributed by atoms with Gasteiger partial charge in [-0.05, 0) is 61.2 Å². The van der Waals surface area contributed by atoms with Gasteiger partial charge in [0, 0.05) is 30.6 Å². The van der Waals surface area contributed by atoms with Crippen LogP contribution in [-0.4, -0.2) is 77.0 Å². The van der Waals surface area contributed by atoms with Crippen LogP contribution in [0.25, 0.3) is 11.2 Å². The number of fused-ring (bicyclic) bond motifs is 1. The number of esters is 1. The molecule has 17 heteroatoms. The number of nitrogens with one attached hydrogen (secondary N) is 1. The van der Waals surface area contributed by atoms with Gasteiger partial charge in [0.05, 0.1) is 23.3 Å². The number of ether oxygens (including phenoxy) is 1. The number of hydrogen-bond acceptors (Lipinski definition) is 11. The largest absolute Gasteiger partial charge is 0.454 e. The first-order chi connectivity index (χ1) is 23.2. The highest BCUT2D eigenvalue weighted by molar-refractivity contribution is 7.99. The summed E-state index contributed by atoms with van der Waals surface area (Å²) in [5.74, 6) is -2.61. The molecule has 260 valence electrons. The van der Waals surface area contributed by atoms with Crippen LogP contribution >= 0.6 is 11.8 Å². The van der Waals surface area contributed by atoms with E-state index in [2.05, 4.69) is 25.6 Å². The Morgan fingerprint density at radius 1 is 1.08 bits per heavy atom. The van der Waals surface area contributed by atoms with Gasteiger partial charge in [-0.2, -0.15) is 13.2 Å². The number of Topliss-reactive ketones (excluding diaryl/α,β-unsaturated/α-hetero) is 1. The minimum absolute atomic E-state index is 0.121. The average Bonchev–Trinajstić information content (AvgIpc) is 3.59. The number of hydrogen-bond donors (Lipinski definition) is 3. The number of thioether (sulfide) groups is 1. The van der Waals surface area contributed by atoms with Crippen molar-refractivity contribution in [2.24, 2.45) is 0 Å². The zero-order chi connectivity index (χ0) is 35.2. The number of rotatable bonds is 11. The van der Waals surface area contributed by atoms with Crippen LogP contribution < -0.4 is 5.32 Å². The van der Waals surface area contributed by atoms with Gasteiger partial charge in [-0.1, -0.05) is 30.0 Å². The molecule has 2 aliphatic carbocycles. The number of carbonyl (C=O) groups is 2. The summed E-state index contributed by atoms with van der Waals surface area (Å²) in [4.78, 5) is 34.5. The van der Waals surface area contributed by atoms with Crippen molar-refractivity contribution in [1.29, 1.82) is 0 Å². The maximum Gasteiger partial charge on any atom is 0.416 e. The van der Waals surface area contributed by atoms with Crippen LogP contribution in [0, 0.1) is 11.6 Å². The van der Waals surface area contributed by atoms with Crippen LogP contribution in [0.5, 0.6) is 0 Å². The molecule has 0 saturated heterocycles. The van der Waals surface area contributed by atoms with Crippen molar-refractivity contribution in [3.05, 3.63) is 70.3 Å². The smallest absolute Gasteiger partial charge is 0.416 e. The first-order valence-electron chi connectivity index (χ1n) is 15.5. The lowest BCUT2D eigenvalue weighted by atomic mass is 9.99. The van der Waals surface area contributed by atoms with E-state index in [1.54, 1.807) is 0 Å². The molecule has 2 aromatic heterocycles. The maximum atomic E-state index is 13.9. The van der Waals surface area contributed by atoms with Crippen molar-refractivity contribution in [2.45, 2.75) is 87.2 Å². The van der Waals surface area contributed by atoms with E-state index in [1.165, 1.54) is 29.4 Å². The molecule has 2 aliphatic rings. The molecular weight excluding hydrogens is 675 g/mol. The number of carbonyl (C=O) groups excluding carboxylic acids is 2. The van der Waals surface area contributed by atoms with Gasteiger partial charge in [0.15, 0.2) is 39.9 Å². The number of aromatic nitrogens is 5. The lowest BCUT2D eigenvalue weighted by Crippen LogP contribution is -2.36. The van der Waals surface area contributed by atoms with Crippen molar-refractivity contribution in [3.63, 3.8) is 0 Å². The molecule has 0 spiro atoms. The van der Waals surface area contributed by atoms with Gasteiger partial charge >= 0.3 is 12.1 Å². The Kier molecular flexibility index (Phi) is 9.61. The summed E-state index contributed by atoms with van der Waals surface area (Å²) in [6, 6.07) is 4.87. The van der Waals surface area contributed by atoms with Crippen LogP contribution in [0.2, 0.25) is 0 Å². The highest BCUT2D eigenvalue weighted by atomic mass is 32.2. The molecule has 49 heavy (non-hydrogen) atoms. The molecule has 0 aliphatic heterocycles. The summed E-state index contributed by atoms with van der Waals surface area (Å²) in [7, 11) is 0. The number of nitrogens with zero attached hydrogens (tertiary/aromatic N) is 5. The fourth-order valence-corrected chi connectivity index (χ4v) is 6.65. The molecule has 11 nitrogen and oxygen atoms in total. The second-order valence-electron chi connectivity index (χ2n) is 12.2. The Bertz CT molecular complexity index is 1910. The zero-order valence-corrected chi connectivity index (χ0v) is 26.9. The molecule has 0 bridgehead atoms. The molecule has 0 radical (unpaired) electrons. The first-order valence-corrected chi connectivity index (χ1v) is 16.5. The average molecular weight is 707 g/mol. The molecule has 0 amide bonds. The Morgan fingerprint density at radius 2 is 1.86 bits per heavy atom. The van der Waals surface area contributed by atoms with Crippen molar-refractivity contribution >= 4 is 40.5 Å². The highest BCUT2D eigenvalue weighted by Gasteiger charge is 2.47. The zero-order valence-electron chi connectivity index (χ0n) is 26.1. The van der Waals surface area contributed by atoms with E-state index in [-0.39, 0.29) is 40.7 Å². The number of anilines is 1. The molecule has 3 N–H and O–H groups in total. The van der Waals surface area contributed by atoms with Crippen molar-refractivity contribution in [1.82, 2.24) is 25.0 Å². The third-order valence-electron chi connectivity index (χ3n) is 8.47. The number of aliphatic hydroxyl groups is 2. The standard InChI is InChI=1S/C32H31F5N6O5S/c1-3-8-49-31-39-28(38-22-12-19(22)15-4-7-20(33)21(34)11-15)25-29(40-31)43(42-41-25)23-13-24(45)26(46)27(23)48-30(47)18-6-5-17(32(35,36)37)10-16(18)9-14(2)44/h4-7,10-11,19,22-24,26-27,45-46H,3,8-9,12-13H2,1-2H3,(H,38,39,40)/t19?,22-,23-,24+,26?,27?/m1/s1. The number of alkyl halides is 3. The van der Waals surface area contributed by atoms with E-state index < -0.39 is 65.9 Å². The molecule has 2 heterocycles. The quantitative estimate of drug-likeness (QED) is 0.0835. The fourth-order valence-electron chi connectivity index (χ4n) is 5.96. The van der Waals surface area contributed by atoms with Crippen LogP contribution in [-0.2, 0) is 22.1 Å². The van der Waals surface area contributed by atoms with Gasteiger partial charge in [-0.3, -0.25) is 4.79 Å². The molecule has 4 aromatic rings. The second kappa shape index (κ2) is 13.6. The van der Waals surface area contributed by atoms with Gasteiger partial charge in [-0.15, -0.1) is 5.10 Å². The third-order valence-corrected chi connectivity index (χ3v) is 9.52. The fraction of sp³-hybridized carbons (Fsp3) is 0.438. The number of ketones is 1. The SMILES string of the molecule is CCCSc1nc(N[C@@H]2CC2c2ccc(F)c(F)c2)c2nnn([C@@H]3C[C@H](O)C(O)C3OC(=O)c3ccc(C(F)(F)F)cc3CC(C)=O)c2n1. The third kappa shape index (κ3) is 7.23. The summed E-state index contributed by atoms with van der Waals surface area (Å²) >= 11 is 1.36. The number of aliphatic hydroxyl groups excluding tert-OH is 2. The predicted molar refractivity (Wildman–Crippen MR) is 166 cm³/mol. The van der Waals surface area contributed by atoms with E-state index in [0.29, 0.717) is 40.8 Å². The van der Waals surface area contributed by atoms with Crippen molar-refractivity contribution < 1.29 is 46.5 Å². The predicted octanol–water partition coefficient (Wildman–Crippen LogP) is 5.01. The summed E-state index contributed by atoms with van der Waals surface area (Å²) < 4.78 is 74.5. The molecule has 3 unspecified atom stereocenters. The van der Waals surface area contributed by atoms with E-state index in [1.807, 2.05) is 6.92 Å². The molecule has 2 fully saturated rings. The maximum absolute atomic E-state index is 13.9. The molecular formula is C32H31F5N6O5S. The summed E-state index contributed by atoms with van der Waals surface area (Å²) in [5, 5.41) is 33.7. The Hall–Kier alpha value is -4.22. The number of halogens is 5. The summed E-state index contributed by atoms with van der Waals surface area (Å²) in [6.45, 7) is 3.15. The van der Waals surface area contributed by atoms with E-state index in [9.17, 15) is 41.8 Å². The first kappa shape index (κ1) is 34.6. The van der Waals surface area contributed by atoms with Crippen LogP contribution in [0.15, 0.2) is 41.6 Å². The molecule has 2 saturated carbocycles.